The summed E-state index contributed by atoms with van der Waals surface area (Å²) in [5, 5.41) is 0. The topological polar surface area (TPSA) is 30.5 Å². The maximum Gasteiger partial charge on any atom is 0.130 e. The van der Waals surface area contributed by atoms with Gasteiger partial charge in [0.25, 0.3) is 0 Å². The van der Waals surface area contributed by atoms with Gasteiger partial charge < -0.3 is 4.74 Å². The molecule has 0 saturated heterocycles. The normalized spacial score (nSPS) is 12.5. The molecule has 0 amide bonds. The van der Waals surface area contributed by atoms with Crippen LogP contribution >= 0.6 is 0 Å². The van der Waals surface area contributed by atoms with E-state index in [1.54, 1.807) is 0 Å². The van der Waals surface area contributed by atoms with Crippen LogP contribution in [-0.2, 0) is 9.57 Å². The summed E-state index contributed by atoms with van der Waals surface area (Å²) in [6, 6.07) is 0. The molecule has 1 unspecified atom stereocenters. The van der Waals surface area contributed by atoms with Crippen LogP contribution in [0.5, 0.6) is 0 Å². The van der Waals surface area contributed by atoms with Gasteiger partial charge in [-0.25, -0.2) is 0 Å². The maximum atomic E-state index is 5.94. The van der Waals surface area contributed by atoms with Gasteiger partial charge in [0.2, 0.25) is 0 Å². The lowest BCUT2D eigenvalue weighted by Gasteiger charge is -2.17. The lowest BCUT2D eigenvalue weighted by Crippen LogP contribution is -2.32. The third-order valence-electron chi connectivity index (χ3n) is 6.50. The molecule has 0 radical (unpaired) electrons. The van der Waals surface area contributed by atoms with Crippen molar-refractivity contribution in [3.05, 3.63) is 0 Å². The SMILES string of the molecule is CCCCCCCCCCCCCCONC(CC)OCCCCCCCCCCCC. The molecule has 32 heavy (non-hydrogen) atoms. The van der Waals surface area contributed by atoms with Crippen molar-refractivity contribution in [2.45, 2.75) is 175 Å². The molecular formula is C29H61NO2. The summed E-state index contributed by atoms with van der Waals surface area (Å²) >= 11 is 0. The molecular weight excluding hydrogens is 394 g/mol. The molecule has 194 valence electrons. The summed E-state index contributed by atoms with van der Waals surface area (Å²) in [4.78, 5) is 5.65. The van der Waals surface area contributed by atoms with Crippen LogP contribution in [-0.4, -0.2) is 19.4 Å². The molecule has 0 heterocycles. The molecule has 0 aliphatic rings. The molecule has 0 spiro atoms. The predicted molar refractivity (Wildman–Crippen MR) is 142 cm³/mol. The number of hydroxylamine groups is 1. The second kappa shape index (κ2) is 28.9. The van der Waals surface area contributed by atoms with Gasteiger partial charge >= 0.3 is 0 Å². The largest absolute Gasteiger partial charge is 0.361 e. The minimum atomic E-state index is 0.0471. The summed E-state index contributed by atoms with van der Waals surface area (Å²) in [5.74, 6) is 0. The number of unbranched alkanes of at least 4 members (excludes halogenated alkanes) is 20. The van der Waals surface area contributed by atoms with Gasteiger partial charge in [0.15, 0.2) is 0 Å². The zero-order valence-corrected chi connectivity index (χ0v) is 22.6. The molecule has 0 rings (SSSR count). The summed E-state index contributed by atoms with van der Waals surface area (Å²) in [5.41, 5.74) is 3.12. The second-order valence-corrected chi connectivity index (χ2v) is 9.81. The molecule has 0 saturated carbocycles. The zero-order valence-electron chi connectivity index (χ0n) is 22.6. The Hall–Kier alpha value is -0.120. The van der Waals surface area contributed by atoms with Crippen LogP contribution in [0.25, 0.3) is 0 Å². The van der Waals surface area contributed by atoms with Crippen LogP contribution in [0.2, 0.25) is 0 Å². The molecule has 0 bridgehead atoms. The summed E-state index contributed by atoms with van der Waals surface area (Å²) in [7, 11) is 0. The standard InChI is InChI=1S/C29H61NO2/c1-4-7-9-11-13-15-17-18-20-22-24-26-28-32-30-29(6-3)31-27-25-23-21-19-16-14-12-10-8-5-2/h29-30H,4-28H2,1-3H3. The molecule has 3 heteroatoms. The average Bonchev–Trinajstić information content (AvgIpc) is 2.81. The van der Waals surface area contributed by atoms with E-state index in [1.807, 2.05) is 0 Å². The molecule has 0 aliphatic heterocycles. The molecule has 1 N–H and O–H groups in total. The molecule has 0 aromatic rings. The van der Waals surface area contributed by atoms with E-state index < -0.39 is 0 Å². The van der Waals surface area contributed by atoms with E-state index >= 15 is 0 Å². The van der Waals surface area contributed by atoms with Gasteiger partial charge in [0.05, 0.1) is 6.61 Å². The lowest BCUT2D eigenvalue weighted by atomic mass is 10.1. The average molecular weight is 456 g/mol. The molecule has 3 nitrogen and oxygen atoms in total. The van der Waals surface area contributed by atoms with E-state index in [-0.39, 0.29) is 6.23 Å². The number of hydrogen-bond acceptors (Lipinski definition) is 3. The Balaban J connectivity index is 3.26. The molecule has 1 atom stereocenters. The first-order chi connectivity index (χ1) is 15.8. The van der Waals surface area contributed by atoms with E-state index in [4.69, 9.17) is 9.57 Å². The quantitative estimate of drug-likeness (QED) is 0.0723. The van der Waals surface area contributed by atoms with Crippen LogP contribution in [0.15, 0.2) is 0 Å². The minimum Gasteiger partial charge on any atom is -0.361 e. The van der Waals surface area contributed by atoms with Gasteiger partial charge in [-0.3, -0.25) is 4.84 Å². The monoisotopic (exact) mass is 455 g/mol. The first-order valence-corrected chi connectivity index (χ1v) is 14.8. The van der Waals surface area contributed by atoms with E-state index in [9.17, 15) is 0 Å². The number of hydrogen-bond donors (Lipinski definition) is 1. The van der Waals surface area contributed by atoms with Crippen LogP contribution in [0, 0.1) is 0 Å². The molecule has 0 aromatic heterocycles. The fourth-order valence-electron chi connectivity index (χ4n) is 4.22. The Morgan fingerprint density at radius 2 is 0.781 bits per heavy atom. The second-order valence-electron chi connectivity index (χ2n) is 9.81. The highest BCUT2D eigenvalue weighted by atomic mass is 16.7. The minimum absolute atomic E-state index is 0.0471. The van der Waals surface area contributed by atoms with Crippen LogP contribution in [0.3, 0.4) is 0 Å². The Labute approximate surface area is 203 Å². The fourth-order valence-corrected chi connectivity index (χ4v) is 4.22. The van der Waals surface area contributed by atoms with Gasteiger partial charge in [0.1, 0.15) is 6.23 Å². The Kier molecular flexibility index (Phi) is 28.8. The first-order valence-electron chi connectivity index (χ1n) is 14.8. The van der Waals surface area contributed by atoms with Crippen LogP contribution in [0.1, 0.15) is 168 Å². The van der Waals surface area contributed by atoms with E-state index in [0.717, 1.165) is 26.1 Å². The van der Waals surface area contributed by atoms with Crippen molar-refractivity contribution in [3.8, 4) is 0 Å². The van der Waals surface area contributed by atoms with Crippen molar-refractivity contribution in [1.29, 1.82) is 0 Å². The Bertz CT molecular complexity index is 324. The van der Waals surface area contributed by atoms with Gasteiger partial charge in [-0.1, -0.05) is 149 Å². The third kappa shape index (κ3) is 26.1. The summed E-state index contributed by atoms with van der Waals surface area (Å²) < 4.78 is 5.94. The first kappa shape index (κ1) is 31.9. The van der Waals surface area contributed by atoms with E-state index in [2.05, 4.69) is 26.3 Å². The fraction of sp³-hybridized carbons (Fsp3) is 1.00. The molecule has 0 aromatic carbocycles. The Morgan fingerprint density at radius 1 is 0.438 bits per heavy atom. The maximum absolute atomic E-state index is 5.94. The van der Waals surface area contributed by atoms with Crippen LogP contribution < -0.4 is 5.48 Å². The van der Waals surface area contributed by atoms with Crippen LogP contribution in [0.4, 0.5) is 0 Å². The lowest BCUT2D eigenvalue weighted by molar-refractivity contribution is -0.0932. The highest BCUT2D eigenvalue weighted by Gasteiger charge is 2.05. The third-order valence-corrected chi connectivity index (χ3v) is 6.50. The number of rotatable bonds is 28. The smallest absolute Gasteiger partial charge is 0.130 e. The Morgan fingerprint density at radius 3 is 1.16 bits per heavy atom. The zero-order chi connectivity index (χ0) is 23.4. The van der Waals surface area contributed by atoms with Crippen molar-refractivity contribution in [1.82, 2.24) is 5.48 Å². The van der Waals surface area contributed by atoms with Crippen molar-refractivity contribution in [2.24, 2.45) is 0 Å². The van der Waals surface area contributed by atoms with E-state index in [1.165, 1.54) is 135 Å². The summed E-state index contributed by atoms with van der Waals surface area (Å²) in [6.07, 6.45) is 31.2. The highest BCUT2D eigenvalue weighted by molar-refractivity contribution is 4.51. The van der Waals surface area contributed by atoms with Gasteiger partial charge in [-0.2, -0.15) is 5.48 Å². The number of ether oxygens (including phenoxy) is 1. The molecule has 0 aliphatic carbocycles. The van der Waals surface area contributed by atoms with E-state index in [0.29, 0.717) is 0 Å². The van der Waals surface area contributed by atoms with Crippen molar-refractivity contribution in [2.75, 3.05) is 13.2 Å². The van der Waals surface area contributed by atoms with Crippen molar-refractivity contribution in [3.63, 3.8) is 0 Å². The van der Waals surface area contributed by atoms with Crippen molar-refractivity contribution >= 4 is 0 Å². The highest BCUT2D eigenvalue weighted by Crippen LogP contribution is 2.12. The predicted octanol–water partition coefficient (Wildman–Crippen LogP) is 9.88. The van der Waals surface area contributed by atoms with Gasteiger partial charge in [-0.15, -0.1) is 0 Å². The molecule has 0 fully saturated rings. The van der Waals surface area contributed by atoms with Gasteiger partial charge in [0, 0.05) is 6.61 Å². The van der Waals surface area contributed by atoms with Crippen molar-refractivity contribution < 1.29 is 9.57 Å². The summed E-state index contributed by atoms with van der Waals surface area (Å²) in [6.45, 7) is 8.38. The van der Waals surface area contributed by atoms with Gasteiger partial charge in [-0.05, 0) is 19.3 Å². The number of nitrogens with one attached hydrogen (secondary N) is 1.